The van der Waals surface area contributed by atoms with Gasteiger partial charge in [0, 0.05) is 31.9 Å². The van der Waals surface area contributed by atoms with Gasteiger partial charge in [0.2, 0.25) is 0 Å². The van der Waals surface area contributed by atoms with Gasteiger partial charge < -0.3 is 14.3 Å². The Bertz CT molecular complexity index is 970. The van der Waals surface area contributed by atoms with Gasteiger partial charge in [-0.05, 0) is 41.4 Å². The van der Waals surface area contributed by atoms with E-state index < -0.39 is 0 Å². The largest absolute Gasteiger partial charge is 0.377 e. The Morgan fingerprint density at radius 3 is 2.84 bits per heavy atom. The lowest BCUT2D eigenvalue weighted by molar-refractivity contribution is 0.431. The highest BCUT2D eigenvalue weighted by Crippen LogP contribution is 2.34. The molecule has 2 heterocycles. The van der Waals surface area contributed by atoms with Crippen molar-refractivity contribution in [2.24, 2.45) is 0 Å². The fourth-order valence-electron chi connectivity index (χ4n) is 3.14. The number of hydrogen-bond acceptors (Lipinski definition) is 6. The second-order valence-corrected chi connectivity index (χ2v) is 6.17. The van der Waals surface area contributed by atoms with Gasteiger partial charge >= 0.3 is 0 Å². The predicted molar refractivity (Wildman–Crippen MR) is 95.9 cm³/mol. The standard InChI is InChI=1S/C19H17N5O/c1-23(2)16-8-7-14(11-15(16)12-20)18-21-19(22-25-18)24-10-9-13-5-3-4-6-17(13)24/h3-8,11H,9-10H2,1-2H3. The van der Waals surface area contributed by atoms with Gasteiger partial charge in [-0.25, -0.2) is 0 Å². The van der Waals surface area contributed by atoms with Crippen LogP contribution in [0.5, 0.6) is 0 Å². The van der Waals surface area contributed by atoms with Gasteiger partial charge in [-0.2, -0.15) is 10.2 Å². The summed E-state index contributed by atoms with van der Waals surface area (Å²) in [4.78, 5) is 8.50. The van der Waals surface area contributed by atoms with Crippen LogP contribution in [-0.2, 0) is 6.42 Å². The minimum absolute atomic E-state index is 0.418. The van der Waals surface area contributed by atoms with Crippen molar-refractivity contribution >= 4 is 17.3 Å². The Morgan fingerprint density at radius 1 is 1.20 bits per heavy atom. The highest BCUT2D eigenvalue weighted by atomic mass is 16.5. The fourth-order valence-corrected chi connectivity index (χ4v) is 3.14. The molecular weight excluding hydrogens is 314 g/mol. The van der Waals surface area contributed by atoms with Crippen LogP contribution < -0.4 is 9.80 Å². The lowest BCUT2D eigenvalue weighted by atomic mass is 10.1. The summed E-state index contributed by atoms with van der Waals surface area (Å²) in [6, 6.07) is 16.0. The van der Waals surface area contributed by atoms with Crippen LogP contribution >= 0.6 is 0 Å². The zero-order valence-corrected chi connectivity index (χ0v) is 14.1. The van der Waals surface area contributed by atoms with Crippen molar-refractivity contribution in [1.82, 2.24) is 10.1 Å². The highest BCUT2D eigenvalue weighted by molar-refractivity contribution is 5.69. The summed E-state index contributed by atoms with van der Waals surface area (Å²) in [5.74, 6) is 0.969. The van der Waals surface area contributed by atoms with Crippen LogP contribution in [0.15, 0.2) is 47.0 Å². The Labute approximate surface area is 145 Å². The average molecular weight is 331 g/mol. The zero-order chi connectivity index (χ0) is 17.4. The number of hydrogen-bond donors (Lipinski definition) is 0. The van der Waals surface area contributed by atoms with Crippen LogP contribution in [0.4, 0.5) is 17.3 Å². The first-order valence-electron chi connectivity index (χ1n) is 8.08. The molecule has 1 aliphatic heterocycles. The number of nitrogens with zero attached hydrogens (tertiary/aromatic N) is 5. The van der Waals surface area contributed by atoms with Crippen molar-refractivity contribution in [1.29, 1.82) is 5.26 Å². The third-order valence-electron chi connectivity index (χ3n) is 4.39. The molecule has 0 bridgehead atoms. The van der Waals surface area contributed by atoms with Crippen molar-refractivity contribution < 1.29 is 4.52 Å². The van der Waals surface area contributed by atoms with Gasteiger partial charge in [-0.15, -0.1) is 0 Å². The minimum Gasteiger partial charge on any atom is -0.377 e. The third kappa shape index (κ3) is 2.60. The second kappa shape index (κ2) is 5.95. The van der Waals surface area contributed by atoms with Gasteiger partial charge in [0.15, 0.2) is 0 Å². The lowest BCUT2D eigenvalue weighted by Gasteiger charge is -2.14. The summed E-state index contributed by atoms with van der Waals surface area (Å²) < 4.78 is 5.45. The first-order valence-corrected chi connectivity index (χ1v) is 8.08. The van der Waals surface area contributed by atoms with Crippen LogP contribution in [0.3, 0.4) is 0 Å². The number of nitriles is 1. The van der Waals surface area contributed by atoms with E-state index in [4.69, 9.17) is 4.52 Å². The summed E-state index contributed by atoms with van der Waals surface area (Å²) in [5.41, 5.74) is 4.59. The Morgan fingerprint density at radius 2 is 2.04 bits per heavy atom. The summed E-state index contributed by atoms with van der Waals surface area (Å²) in [6.45, 7) is 0.835. The molecule has 1 aromatic heterocycles. The molecule has 3 aromatic rings. The van der Waals surface area contributed by atoms with E-state index >= 15 is 0 Å². The normalized spacial score (nSPS) is 12.8. The van der Waals surface area contributed by atoms with Crippen molar-refractivity contribution in [3.8, 4) is 17.5 Å². The zero-order valence-electron chi connectivity index (χ0n) is 14.1. The molecule has 0 unspecified atom stereocenters. The number of rotatable bonds is 3. The van der Waals surface area contributed by atoms with E-state index in [0.717, 1.165) is 29.9 Å². The molecule has 0 N–H and O–H groups in total. The predicted octanol–water partition coefficient (Wildman–Crippen LogP) is 3.37. The molecule has 0 radical (unpaired) electrons. The summed E-state index contributed by atoms with van der Waals surface area (Å²) >= 11 is 0. The van der Waals surface area contributed by atoms with Gasteiger partial charge in [-0.1, -0.05) is 18.2 Å². The van der Waals surface area contributed by atoms with Crippen molar-refractivity contribution in [3.05, 3.63) is 53.6 Å². The average Bonchev–Trinajstić information content (AvgIpc) is 3.27. The number of para-hydroxylation sites is 1. The highest BCUT2D eigenvalue weighted by Gasteiger charge is 2.24. The van der Waals surface area contributed by atoms with Gasteiger partial charge in [-0.3, -0.25) is 0 Å². The summed E-state index contributed by atoms with van der Waals surface area (Å²) in [7, 11) is 3.82. The topological polar surface area (TPSA) is 69.2 Å². The molecule has 0 amide bonds. The summed E-state index contributed by atoms with van der Waals surface area (Å²) in [5, 5.41) is 13.5. The smallest absolute Gasteiger partial charge is 0.270 e. The van der Waals surface area contributed by atoms with Gasteiger partial charge in [0.1, 0.15) is 6.07 Å². The van der Waals surface area contributed by atoms with Crippen LogP contribution in [0.2, 0.25) is 0 Å². The first-order chi connectivity index (χ1) is 12.2. The maximum Gasteiger partial charge on any atom is 0.270 e. The molecule has 124 valence electrons. The van der Waals surface area contributed by atoms with Crippen molar-refractivity contribution in [3.63, 3.8) is 0 Å². The Hall–Kier alpha value is -3.33. The molecule has 6 nitrogen and oxygen atoms in total. The van der Waals surface area contributed by atoms with Crippen LogP contribution in [0, 0.1) is 11.3 Å². The molecular formula is C19H17N5O. The number of aromatic nitrogens is 2. The van der Waals surface area contributed by atoms with E-state index in [1.54, 1.807) is 6.07 Å². The number of benzene rings is 2. The molecule has 0 saturated heterocycles. The Balaban J connectivity index is 1.68. The van der Waals surface area contributed by atoms with Crippen LogP contribution in [0.25, 0.3) is 11.5 Å². The molecule has 0 spiro atoms. The third-order valence-corrected chi connectivity index (χ3v) is 4.39. The van der Waals surface area contributed by atoms with Gasteiger partial charge in [0.05, 0.1) is 11.3 Å². The van der Waals surface area contributed by atoms with E-state index in [9.17, 15) is 5.26 Å². The van der Waals surface area contributed by atoms with E-state index in [2.05, 4.69) is 33.2 Å². The minimum atomic E-state index is 0.418. The SMILES string of the molecule is CN(C)c1ccc(-c2nc(N3CCc4ccccc43)no2)cc1C#N. The molecule has 0 aliphatic carbocycles. The second-order valence-electron chi connectivity index (χ2n) is 6.17. The molecule has 0 saturated carbocycles. The van der Waals surface area contributed by atoms with Crippen LogP contribution in [-0.4, -0.2) is 30.8 Å². The maximum absolute atomic E-state index is 9.37. The molecule has 2 aromatic carbocycles. The summed E-state index contributed by atoms with van der Waals surface area (Å²) in [6.07, 6.45) is 0.968. The van der Waals surface area contributed by atoms with Gasteiger partial charge in [0.25, 0.3) is 11.8 Å². The molecule has 0 atom stereocenters. The first kappa shape index (κ1) is 15.2. The fraction of sp³-hybridized carbons (Fsp3) is 0.211. The van der Waals surface area contributed by atoms with Crippen molar-refractivity contribution in [2.45, 2.75) is 6.42 Å². The van der Waals surface area contributed by atoms with E-state index in [-0.39, 0.29) is 0 Å². The molecule has 25 heavy (non-hydrogen) atoms. The quantitative estimate of drug-likeness (QED) is 0.733. The monoisotopic (exact) mass is 331 g/mol. The number of fused-ring (bicyclic) bond motifs is 1. The number of anilines is 3. The molecule has 1 aliphatic rings. The lowest BCUT2D eigenvalue weighted by Crippen LogP contribution is -2.14. The van der Waals surface area contributed by atoms with E-state index in [1.165, 1.54) is 5.56 Å². The van der Waals surface area contributed by atoms with Crippen LogP contribution in [0.1, 0.15) is 11.1 Å². The molecule has 0 fully saturated rings. The maximum atomic E-state index is 9.37. The van der Waals surface area contributed by atoms with Crippen molar-refractivity contribution in [2.75, 3.05) is 30.4 Å². The molecule has 4 rings (SSSR count). The molecule has 6 heteroatoms. The Kier molecular flexibility index (Phi) is 3.62. The van der Waals surface area contributed by atoms with E-state index in [1.807, 2.05) is 43.3 Å². The van der Waals surface area contributed by atoms with E-state index in [0.29, 0.717) is 17.4 Å².